The number of benzene rings is 2. The highest BCUT2D eigenvalue weighted by molar-refractivity contribution is 7.95. The number of sulfonamides is 1. The molecule has 5 rings (SSSR count). The number of rotatable bonds is 5. The molecule has 1 atom stereocenters. The summed E-state index contributed by atoms with van der Waals surface area (Å²) in [6.45, 7) is 2.73. The number of pyridine rings is 1. The van der Waals surface area contributed by atoms with Crippen molar-refractivity contribution < 1.29 is 13.6 Å². The van der Waals surface area contributed by atoms with E-state index in [0.29, 0.717) is 11.2 Å². The van der Waals surface area contributed by atoms with Gasteiger partial charge in [-0.2, -0.15) is 0 Å². The molecule has 1 aliphatic rings. The van der Waals surface area contributed by atoms with Gasteiger partial charge >= 0.3 is 0 Å². The largest absolute Gasteiger partial charge is 0.593 e. The van der Waals surface area contributed by atoms with Crippen molar-refractivity contribution in [3.05, 3.63) is 100 Å². The predicted molar refractivity (Wildman–Crippen MR) is 135 cm³/mol. The average molecular weight is 504 g/mol. The first kappa shape index (κ1) is 24.0. The van der Waals surface area contributed by atoms with Crippen LogP contribution in [-0.2, 0) is 21.2 Å². The second-order valence-corrected chi connectivity index (χ2v) is 10.6. The Morgan fingerprint density at radius 2 is 1.67 bits per heavy atom. The van der Waals surface area contributed by atoms with Crippen LogP contribution in [0.25, 0.3) is 11.2 Å². The first-order chi connectivity index (χ1) is 17.3. The third kappa shape index (κ3) is 4.58. The maximum absolute atomic E-state index is 13.4. The maximum atomic E-state index is 13.4. The van der Waals surface area contributed by atoms with Crippen molar-refractivity contribution in [2.45, 2.75) is 18.4 Å². The third-order valence-corrected chi connectivity index (χ3v) is 8.19. The van der Waals surface area contributed by atoms with Crippen LogP contribution in [0.1, 0.15) is 21.6 Å². The summed E-state index contributed by atoms with van der Waals surface area (Å²) in [6, 6.07) is 19.6. The summed E-state index contributed by atoms with van der Waals surface area (Å²) in [7, 11) is -3.67. The standard InChI is InChI=1S/C26H25N5O4S/c1-19-9-11-21(12-10-19)36(34,35)30-16-14-29(15-17-30)25(32)23-26(33)31(18-20-6-3-2-4-7-20)24-22(28-23)8-5-13-27-24/h2-13H,14-18H2,1H3. The molecule has 184 valence electrons. The van der Waals surface area contributed by atoms with Crippen molar-refractivity contribution in [2.75, 3.05) is 26.2 Å². The van der Waals surface area contributed by atoms with Gasteiger partial charge in [0.2, 0.25) is 0 Å². The third-order valence-electron chi connectivity index (χ3n) is 6.27. The molecule has 1 fully saturated rings. The Morgan fingerprint density at radius 3 is 2.36 bits per heavy atom. The monoisotopic (exact) mass is 503 g/mol. The lowest BCUT2D eigenvalue weighted by Gasteiger charge is -2.35. The van der Waals surface area contributed by atoms with Crippen LogP contribution in [0.5, 0.6) is 0 Å². The number of hydrogen-bond donors (Lipinski definition) is 0. The van der Waals surface area contributed by atoms with Gasteiger partial charge in [0, 0.05) is 19.3 Å². The molecule has 0 saturated carbocycles. The molecule has 36 heavy (non-hydrogen) atoms. The highest BCUT2D eigenvalue weighted by Crippen LogP contribution is 2.23. The number of hydrogen-bond acceptors (Lipinski definition) is 6. The van der Waals surface area contributed by atoms with Gasteiger partial charge < -0.3 is 9.45 Å². The van der Waals surface area contributed by atoms with Gasteiger partial charge in [-0.05, 0) is 36.8 Å². The van der Waals surface area contributed by atoms with Crippen LogP contribution in [0.3, 0.4) is 0 Å². The Labute approximate surface area is 209 Å². The number of amides is 1. The van der Waals surface area contributed by atoms with E-state index in [1.807, 2.05) is 37.3 Å². The Kier molecular flexibility index (Phi) is 6.48. The SMILES string of the molecule is Cc1ccc([S+](=O)([O-])N2CCN(C(=O)c3nc4cccnc4n(Cc4ccccc4)c3=O)CC2)cc1. The van der Waals surface area contributed by atoms with E-state index in [4.69, 9.17) is 0 Å². The first-order valence-corrected chi connectivity index (χ1v) is 13.0. The van der Waals surface area contributed by atoms with Gasteiger partial charge in [0.05, 0.1) is 19.6 Å². The van der Waals surface area contributed by atoms with E-state index >= 15 is 0 Å². The minimum Gasteiger partial charge on any atom is -0.593 e. The molecule has 4 aromatic rings. The van der Waals surface area contributed by atoms with Crippen molar-refractivity contribution in [3.8, 4) is 0 Å². The van der Waals surface area contributed by atoms with Gasteiger partial charge in [-0.15, -0.1) is 4.31 Å². The topological polar surface area (TPSA) is 111 Å². The smallest absolute Gasteiger partial charge is 0.284 e. The Balaban J connectivity index is 1.40. The molecular formula is C26H25N5O4S. The lowest BCUT2D eigenvalue weighted by Crippen LogP contribution is -2.53. The summed E-state index contributed by atoms with van der Waals surface area (Å²) in [5, 5.41) is 0. The highest BCUT2D eigenvalue weighted by atomic mass is 32.3. The number of aromatic nitrogens is 3. The zero-order valence-corrected chi connectivity index (χ0v) is 20.6. The minimum absolute atomic E-state index is 0.134. The second-order valence-electron chi connectivity index (χ2n) is 8.69. The van der Waals surface area contributed by atoms with Crippen LogP contribution in [0, 0.1) is 6.92 Å². The minimum atomic E-state index is -3.67. The van der Waals surface area contributed by atoms with E-state index in [1.54, 1.807) is 42.6 Å². The zero-order chi connectivity index (χ0) is 25.3. The second kappa shape index (κ2) is 9.73. The molecule has 1 saturated heterocycles. The van der Waals surface area contributed by atoms with E-state index in [2.05, 4.69) is 9.97 Å². The molecule has 0 spiro atoms. The number of aryl methyl sites for hydroxylation is 1. The molecule has 1 aliphatic heterocycles. The van der Waals surface area contributed by atoms with E-state index < -0.39 is 21.9 Å². The molecular weight excluding hydrogens is 478 g/mol. The Hall–Kier alpha value is -3.73. The van der Waals surface area contributed by atoms with E-state index in [9.17, 15) is 18.4 Å². The molecule has 1 amide bonds. The average Bonchev–Trinajstić information content (AvgIpc) is 2.90. The van der Waals surface area contributed by atoms with Gasteiger partial charge in [-0.3, -0.25) is 14.2 Å². The van der Waals surface area contributed by atoms with Crippen LogP contribution in [0.15, 0.2) is 82.6 Å². The fourth-order valence-corrected chi connectivity index (χ4v) is 5.69. The van der Waals surface area contributed by atoms with Crippen molar-refractivity contribution in [2.24, 2.45) is 0 Å². The summed E-state index contributed by atoms with van der Waals surface area (Å²) in [6.07, 6.45) is 1.58. The summed E-state index contributed by atoms with van der Waals surface area (Å²) in [5.41, 5.74) is 1.99. The Bertz CT molecular complexity index is 1510. The quantitative estimate of drug-likeness (QED) is 0.387. The first-order valence-electron chi connectivity index (χ1n) is 11.6. The van der Waals surface area contributed by atoms with Gasteiger partial charge in [0.15, 0.2) is 26.6 Å². The van der Waals surface area contributed by atoms with Crippen molar-refractivity contribution in [3.63, 3.8) is 0 Å². The van der Waals surface area contributed by atoms with Gasteiger partial charge in [-0.1, -0.05) is 52.2 Å². The van der Waals surface area contributed by atoms with Crippen LogP contribution in [-0.4, -0.2) is 60.4 Å². The van der Waals surface area contributed by atoms with Gasteiger partial charge in [-0.25, -0.2) is 9.97 Å². The molecule has 0 radical (unpaired) electrons. The normalized spacial score (nSPS) is 16.1. The fourth-order valence-electron chi connectivity index (χ4n) is 4.27. The van der Waals surface area contributed by atoms with Gasteiger partial charge in [0.1, 0.15) is 5.52 Å². The Morgan fingerprint density at radius 1 is 0.972 bits per heavy atom. The van der Waals surface area contributed by atoms with Crippen LogP contribution >= 0.6 is 0 Å². The maximum Gasteiger partial charge on any atom is 0.284 e. The molecule has 0 N–H and O–H groups in total. The lowest BCUT2D eigenvalue weighted by molar-refractivity contribution is 0.0685. The number of fused-ring (bicyclic) bond motifs is 1. The fraction of sp³-hybridized carbons (Fsp3) is 0.231. The number of carbonyl (C=O) groups is 1. The van der Waals surface area contributed by atoms with Crippen LogP contribution in [0.4, 0.5) is 0 Å². The lowest BCUT2D eigenvalue weighted by atomic mass is 10.2. The number of nitrogens with zero attached hydrogens (tertiary/aromatic N) is 5. The summed E-state index contributed by atoms with van der Waals surface area (Å²) < 4.78 is 28.9. The van der Waals surface area contributed by atoms with Crippen LogP contribution in [0.2, 0.25) is 0 Å². The predicted octanol–water partition coefficient (Wildman–Crippen LogP) is 2.51. The molecule has 10 heteroatoms. The van der Waals surface area contributed by atoms with Crippen LogP contribution < -0.4 is 5.56 Å². The summed E-state index contributed by atoms with van der Waals surface area (Å²) in [4.78, 5) is 37.2. The van der Waals surface area contributed by atoms with E-state index in [0.717, 1.165) is 11.1 Å². The molecule has 3 heterocycles. The van der Waals surface area contributed by atoms with Gasteiger partial charge in [0.25, 0.3) is 11.5 Å². The summed E-state index contributed by atoms with van der Waals surface area (Å²) >= 11 is 0. The number of carbonyl (C=O) groups excluding carboxylic acids is 1. The van der Waals surface area contributed by atoms with E-state index in [-0.39, 0.29) is 43.3 Å². The molecule has 0 bridgehead atoms. The number of piperazine rings is 1. The van der Waals surface area contributed by atoms with Crippen molar-refractivity contribution >= 4 is 27.5 Å². The highest BCUT2D eigenvalue weighted by Gasteiger charge is 2.35. The van der Waals surface area contributed by atoms with E-state index in [1.165, 1.54) is 13.8 Å². The zero-order valence-electron chi connectivity index (χ0n) is 19.7. The molecule has 9 nitrogen and oxygen atoms in total. The molecule has 2 aromatic heterocycles. The summed E-state index contributed by atoms with van der Waals surface area (Å²) in [5.74, 6) is -0.514. The molecule has 1 unspecified atom stereocenters. The van der Waals surface area contributed by atoms with Crippen molar-refractivity contribution in [1.29, 1.82) is 0 Å². The molecule has 0 aliphatic carbocycles. The van der Waals surface area contributed by atoms with Crippen molar-refractivity contribution in [1.82, 2.24) is 23.7 Å². The molecule has 2 aromatic carbocycles.